The van der Waals surface area contributed by atoms with Gasteiger partial charge in [-0.3, -0.25) is 0 Å². The maximum absolute atomic E-state index is 5.72. The fraction of sp³-hybridized carbons (Fsp3) is 0.250. The van der Waals surface area contributed by atoms with Crippen molar-refractivity contribution in [3.8, 4) is 11.5 Å². The van der Waals surface area contributed by atoms with Gasteiger partial charge in [0.2, 0.25) is 0 Å². The molecule has 2 rings (SSSR count). The number of benzene rings is 2. The van der Waals surface area contributed by atoms with Crippen molar-refractivity contribution in [2.45, 2.75) is 6.42 Å². The van der Waals surface area contributed by atoms with E-state index in [1.807, 2.05) is 42.5 Å². The monoisotopic (exact) mass is 398 g/mol. The molecule has 2 nitrogen and oxygen atoms in total. The maximum atomic E-state index is 5.72. The van der Waals surface area contributed by atoms with E-state index < -0.39 is 0 Å². The van der Waals surface area contributed by atoms with Crippen LogP contribution in [0.3, 0.4) is 0 Å². The number of halogens is 2. The van der Waals surface area contributed by atoms with E-state index in [0.717, 1.165) is 27.7 Å². The molecule has 0 aliphatic rings. The van der Waals surface area contributed by atoms with Gasteiger partial charge in [-0.25, -0.2) is 0 Å². The third-order valence-corrected chi connectivity index (χ3v) is 3.99. The highest BCUT2D eigenvalue weighted by atomic mass is 79.9. The Labute approximate surface area is 136 Å². The highest BCUT2D eigenvalue weighted by molar-refractivity contribution is 9.10. The first kappa shape index (κ1) is 15.4. The van der Waals surface area contributed by atoms with Gasteiger partial charge in [-0.2, -0.15) is 0 Å². The van der Waals surface area contributed by atoms with Crippen LogP contribution in [0.15, 0.2) is 53.0 Å². The topological polar surface area (TPSA) is 18.5 Å². The van der Waals surface area contributed by atoms with Crippen LogP contribution in [0.5, 0.6) is 11.5 Å². The van der Waals surface area contributed by atoms with Crippen LogP contribution in [0, 0.1) is 0 Å². The lowest BCUT2D eigenvalue weighted by molar-refractivity contribution is 0.320. The molecule has 0 unspecified atom stereocenters. The number of para-hydroxylation sites is 1. The van der Waals surface area contributed by atoms with Gasteiger partial charge in [-0.05, 0) is 39.7 Å². The summed E-state index contributed by atoms with van der Waals surface area (Å²) in [5, 5.41) is 0.820. The summed E-state index contributed by atoms with van der Waals surface area (Å²) in [5.41, 5.74) is 1.19. The van der Waals surface area contributed by atoms with Crippen LogP contribution in [-0.2, 0) is 6.42 Å². The van der Waals surface area contributed by atoms with E-state index in [9.17, 15) is 0 Å². The molecular formula is C16H16Br2O2. The van der Waals surface area contributed by atoms with Crippen LogP contribution in [0.1, 0.15) is 5.56 Å². The van der Waals surface area contributed by atoms with Gasteiger partial charge < -0.3 is 9.47 Å². The van der Waals surface area contributed by atoms with Crippen molar-refractivity contribution in [1.29, 1.82) is 0 Å². The molecule has 0 bridgehead atoms. The number of hydrogen-bond donors (Lipinski definition) is 0. The lowest BCUT2D eigenvalue weighted by Crippen LogP contribution is -2.04. The second kappa shape index (κ2) is 8.32. The van der Waals surface area contributed by atoms with Crippen molar-refractivity contribution in [2.24, 2.45) is 0 Å². The summed E-state index contributed by atoms with van der Waals surface area (Å²) < 4.78 is 12.4. The predicted octanol–water partition coefficient (Wildman–Crippen LogP) is 4.84. The fourth-order valence-electron chi connectivity index (χ4n) is 1.80. The zero-order valence-electron chi connectivity index (χ0n) is 11.0. The second-order valence-electron chi connectivity index (χ2n) is 4.18. The molecule has 0 amide bonds. The Kier molecular flexibility index (Phi) is 6.40. The van der Waals surface area contributed by atoms with Gasteiger partial charge in [-0.1, -0.05) is 46.3 Å². The molecule has 0 fully saturated rings. The summed E-state index contributed by atoms with van der Waals surface area (Å²) in [6.45, 7) is 1.30. The van der Waals surface area contributed by atoms with E-state index in [0.29, 0.717) is 13.2 Å². The Balaban J connectivity index is 1.92. The molecule has 20 heavy (non-hydrogen) atoms. The van der Waals surface area contributed by atoms with Gasteiger partial charge in [0.25, 0.3) is 0 Å². The van der Waals surface area contributed by atoms with E-state index in [4.69, 9.17) is 9.47 Å². The Morgan fingerprint density at radius 1 is 0.850 bits per heavy atom. The summed E-state index contributed by atoms with van der Waals surface area (Å²) in [4.78, 5) is 0. The van der Waals surface area contributed by atoms with Gasteiger partial charge in [0.05, 0.1) is 17.7 Å². The van der Waals surface area contributed by atoms with E-state index in [1.54, 1.807) is 0 Å². The van der Waals surface area contributed by atoms with E-state index >= 15 is 0 Å². The van der Waals surface area contributed by atoms with Crippen LogP contribution >= 0.6 is 31.9 Å². The van der Waals surface area contributed by atoms with Crippen molar-refractivity contribution in [3.05, 3.63) is 58.6 Å². The summed E-state index contributed by atoms with van der Waals surface area (Å²) in [7, 11) is 0. The zero-order chi connectivity index (χ0) is 14.2. The lowest BCUT2D eigenvalue weighted by atomic mass is 10.1. The minimum atomic E-state index is 0.643. The van der Waals surface area contributed by atoms with Gasteiger partial charge in [0.1, 0.15) is 11.5 Å². The molecule has 0 N–H and O–H groups in total. The highest BCUT2D eigenvalue weighted by Gasteiger charge is 2.06. The highest BCUT2D eigenvalue weighted by Crippen LogP contribution is 2.29. The number of rotatable bonds is 7. The van der Waals surface area contributed by atoms with E-state index in [-0.39, 0.29) is 0 Å². The SMILES string of the molecule is BrCCOc1cccc(CCOc2ccccc2)c1Br. The Bertz CT molecular complexity index is 529. The third-order valence-electron chi connectivity index (χ3n) is 2.76. The van der Waals surface area contributed by atoms with Gasteiger partial charge >= 0.3 is 0 Å². The van der Waals surface area contributed by atoms with E-state index in [2.05, 4.69) is 37.9 Å². The maximum Gasteiger partial charge on any atom is 0.133 e. The van der Waals surface area contributed by atoms with Crippen LogP contribution in [0.25, 0.3) is 0 Å². The minimum Gasteiger partial charge on any atom is -0.493 e. The molecule has 0 radical (unpaired) electrons. The number of ether oxygens (including phenoxy) is 2. The van der Waals surface area contributed by atoms with E-state index in [1.165, 1.54) is 5.56 Å². The summed E-state index contributed by atoms with van der Waals surface area (Å²) >= 11 is 6.96. The fourth-order valence-corrected chi connectivity index (χ4v) is 2.54. The molecule has 0 saturated carbocycles. The second-order valence-corrected chi connectivity index (χ2v) is 5.76. The number of alkyl halides is 1. The first-order valence-corrected chi connectivity index (χ1v) is 8.36. The Morgan fingerprint density at radius 3 is 2.40 bits per heavy atom. The molecule has 2 aromatic carbocycles. The van der Waals surface area contributed by atoms with Crippen molar-refractivity contribution >= 4 is 31.9 Å². The summed E-state index contributed by atoms with van der Waals surface area (Å²) in [5.74, 6) is 1.77. The quantitative estimate of drug-likeness (QED) is 0.620. The first-order chi connectivity index (χ1) is 9.81. The predicted molar refractivity (Wildman–Crippen MR) is 89.1 cm³/mol. The smallest absolute Gasteiger partial charge is 0.133 e. The molecule has 106 valence electrons. The first-order valence-electron chi connectivity index (χ1n) is 6.45. The Morgan fingerprint density at radius 2 is 1.65 bits per heavy atom. The molecule has 4 heteroatoms. The van der Waals surface area contributed by atoms with Gasteiger partial charge in [0.15, 0.2) is 0 Å². The van der Waals surface area contributed by atoms with Gasteiger partial charge in [-0.15, -0.1) is 0 Å². The third kappa shape index (κ3) is 4.53. The molecule has 0 spiro atoms. The molecule has 0 aromatic heterocycles. The molecule has 0 atom stereocenters. The lowest BCUT2D eigenvalue weighted by Gasteiger charge is -2.11. The van der Waals surface area contributed by atoms with Crippen molar-refractivity contribution in [3.63, 3.8) is 0 Å². The summed E-state index contributed by atoms with van der Waals surface area (Å²) in [6.07, 6.45) is 0.834. The Hall–Kier alpha value is -1.00. The average Bonchev–Trinajstić information content (AvgIpc) is 2.49. The molecule has 0 aliphatic heterocycles. The van der Waals surface area contributed by atoms with Gasteiger partial charge in [0, 0.05) is 11.8 Å². The van der Waals surface area contributed by atoms with Crippen molar-refractivity contribution in [2.75, 3.05) is 18.5 Å². The zero-order valence-corrected chi connectivity index (χ0v) is 14.2. The standard InChI is InChI=1S/C16H16Br2O2/c17-10-12-20-15-8-4-5-13(16(15)18)9-11-19-14-6-2-1-3-7-14/h1-8H,9-12H2. The van der Waals surface area contributed by atoms with Crippen LogP contribution in [0.2, 0.25) is 0 Å². The minimum absolute atomic E-state index is 0.643. The van der Waals surface area contributed by atoms with Crippen LogP contribution < -0.4 is 9.47 Å². The largest absolute Gasteiger partial charge is 0.493 e. The van der Waals surface area contributed by atoms with Crippen molar-refractivity contribution < 1.29 is 9.47 Å². The molecule has 0 saturated heterocycles. The average molecular weight is 400 g/mol. The van der Waals surface area contributed by atoms with Crippen LogP contribution in [0.4, 0.5) is 0 Å². The molecule has 0 heterocycles. The van der Waals surface area contributed by atoms with Crippen molar-refractivity contribution in [1.82, 2.24) is 0 Å². The normalized spacial score (nSPS) is 10.3. The molecule has 2 aromatic rings. The number of hydrogen-bond acceptors (Lipinski definition) is 2. The molecular weight excluding hydrogens is 384 g/mol. The molecule has 0 aliphatic carbocycles. The van der Waals surface area contributed by atoms with Crippen LogP contribution in [-0.4, -0.2) is 18.5 Å². The summed E-state index contributed by atoms with van der Waals surface area (Å²) in [6, 6.07) is 15.9.